The molecule has 59 heavy (non-hydrogen) atoms. The van der Waals surface area contributed by atoms with E-state index in [4.69, 9.17) is 11.5 Å². The third-order valence-electron chi connectivity index (χ3n) is 11.1. The van der Waals surface area contributed by atoms with E-state index >= 15 is 0 Å². The third-order valence-corrected chi connectivity index (χ3v) is 11.1. The minimum absolute atomic E-state index is 0.978. The van der Waals surface area contributed by atoms with Gasteiger partial charge in [-0.1, -0.05) is 97.1 Å². The Labute approximate surface area is 345 Å². The minimum Gasteiger partial charge on any atom is -0.405 e. The molecule has 5 nitrogen and oxygen atoms in total. The van der Waals surface area contributed by atoms with Gasteiger partial charge in [0.1, 0.15) is 0 Å². The Bertz CT molecular complexity index is 3030. The molecule has 0 aliphatic rings. The van der Waals surface area contributed by atoms with Gasteiger partial charge in [-0.3, -0.25) is 0 Å². The van der Waals surface area contributed by atoms with Crippen molar-refractivity contribution < 1.29 is 0 Å². The first-order valence-corrected chi connectivity index (χ1v) is 20.0. The molecule has 0 aliphatic heterocycles. The maximum absolute atomic E-state index is 5.99. The van der Waals surface area contributed by atoms with Gasteiger partial charge in [0.2, 0.25) is 0 Å². The largest absolute Gasteiger partial charge is 0.405 e. The van der Waals surface area contributed by atoms with Crippen LogP contribution in [0.25, 0.3) is 66.4 Å². The van der Waals surface area contributed by atoms with Gasteiger partial charge in [0.25, 0.3) is 0 Å². The summed E-state index contributed by atoms with van der Waals surface area (Å²) in [5.41, 5.74) is 27.2. The fraction of sp³-hybridized carbons (Fsp3) is 0.0370. The summed E-state index contributed by atoms with van der Waals surface area (Å²) < 4.78 is 4.67. The number of aromatic nitrogens is 2. The highest BCUT2D eigenvalue weighted by Crippen LogP contribution is 2.40. The molecule has 0 unspecified atom stereocenters. The van der Waals surface area contributed by atoms with E-state index in [2.05, 4.69) is 197 Å². The maximum Gasteiger partial charge on any atom is 0.0548 e. The van der Waals surface area contributed by atoms with Crippen molar-refractivity contribution in [2.45, 2.75) is 13.8 Å². The second-order valence-electron chi connectivity index (χ2n) is 14.7. The summed E-state index contributed by atoms with van der Waals surface area (Å²) in [7, 11) is 0. The van der Waals surface area contributed by atoms with Crippen molar-refractivity contribution in [1.29, 1.82) is 0 Å². The van der Waals surface area contributed by atoms with E-state index in [9.17, 15) is 0 Å². The zero-order valence-electron chi connectivity index (χ0n) is 33.2. The van der Waals surface area contributed by atoms with Gasteiger partial charge in [0, 0.05) is 57.0 Å². The quantitative estimate of drug-likeness (QED) is 0.136. The van der Waals surface area contributed by atoms with Crippen LogP contribution in [0.3, 0.4) is 0 Å². The Morgan fingerprint density at radius 3 is 1.78 bits per heavy atom. The molecule has 286 valence electrons. The minimum atomic E-state index is 0.978. The maximum atomic E-state index is 5.99. The lowest BCUT2D eigenvalue weighted by molar-refractivity contribution is 1.13. The molecule has 0 radical (unpaired) electrons. The third kappa shape index (κ3) is 7.00. The van der Waals surface area contributed by atoms with Crippen LogP contribution in [0.4, 0.5) is 17.1 Å². The summed E-state index contributed by atoms with van der Waals surface area (Å²) in [6.07, 6.45) is 13.3. The van der Waals surface area contributed by atoms with Crippen LogP contribution < -0.4 is 16.4 Å². The molecule has 4 N–H and O–H groups in total. The lowest BCUT2D eigenvalue weighted by Gasteiger charge is -2.26. The molecule has 9 aromatic rings. The molecule has 2 heterocycles. The Kier molecular flexibility index (Phi) is 10.00. The summed E-state index contributed by atoms with van der Waals surface area (Å²) in [5.74, 6) is 0. The van der Waals surface area contributed by atoms with Crippen molar-refractivity contribution in [3.05, 3.63) is 224 Å². The van der Waals surface area contributed by atoms with Gasteiger partial charge >= 0.3 is 0 Å². The summed E-state index contributed by atoms with van der Waals surface area (Å²) >= 11 is 0. The molecule has 0 spiro atoms. The number of hydrogen-bond acceptors (Lipinski definition) is 3. The van der Waals surface area contributed by atoms with E-state index in [0.29, 0.717) is 0 Å². The molecular weight excluding hydrogens is 719 g/mol. The van der Waals surface area contributed by atoms with Crippen molar-refractivity contribution in [1.82, 2.24) is 9.13 Å². The Morgan fingerprint density at radius 2 is 1.15 bits per heavy atom. The summed E-state index contributed by atoms with van der Waals surface area (Å²) in [4.78, 5) is 2.29. The van der Waals surface area contributed by atoms with Crippen LogP contribution in [0.5, 0.6) is 0 Å². The van der Waals surface area contributed by atoms with E-state index in [1.807, 2.05) is 31.2 Å². The van der Waals surface area contributed by atoms with Crippen LogP contribution in [0, 0.1) is 0 Å². The molecule has 0 aliphatic carbocycles. The lowest BCUT2D eigenvalue weighted by Crippen LogP contribution is -2.10. The van der Waals surface area contributed by atoms with E-state index in [1.54, 1.807) is 12.4 Å². The predicted octanol–water partition coefficient (Wildman–Crippen LogP) is 13.6. The van der Waals surface area contributed by atoms with E-state index in [1.165, 1.54) is 32.7 Å². The number of benzene rings is 7. The Balaban J connectivity index is 1.14. The van der Waals surface area contributed by atoms with Crippen molar-refractivity contribution in [2.75, 3.05) is 4.90 Å². The van der Waals surface area contributed by atoms with Crippen LogP contribution in [0.2, 0.25) is 0 Å². The van der Waals surface area contributed by atoms with E-state index in [-0.39, 0.29) is 0 Å². The summed E-state index contributed by atoms with van der Waals surface area (Å²) in [6, 6.07) is 61.1. The summed E-state index contributed by atoms with van der Waals surface area (Å²) in [6.45, 7) is 4.09. The SMILES string of the molecule is C/C=C\C(=C/N)c1ccc(N(c2ccc(/C(C)=C/C=C\N)cc2)c2ccc(-c3ccc4c(c3)c3cc5c(ccn5-c5ccccc5)cc3n4-c3ccccc3)cc2)cc1. The number of rotatable bonds is 10. The Morgan fingerprint density at radius 1 is 0.559 bits per heavy atom. The van der Waals surface area contributed by atoms with E-state index < -0.39 is 0 Å². The van der Waals surface area contributed by atoms with Gasteiger partial charge in [0.15, 0.2) is 0 Å². The molecule has 0 saturated heterocycles. The van der Waals surface area contributed by atoms with Crippen LogP contribution in [-0.4, -0.2) is 9.13 Å². The van der Waals surface area contributed by atoms with Crippen LogP contribution in [0.1, 0.15) is 25.0 Å². The van der Waals surface area contributed by atoms with Crippen molar-refractivity contribution >= 4 is 60.9 Å². The smallest absolute Gasteiger partial charge is 0.0548 e. The second-order valence-corrected chi connectivity index (χ2v) is 14.7. The van der Waals surface area contributed by atoms with Gasteiger partial charge in [-0.15, -0.1) is 0 Å². The highest BCUT2D eigenvalue weighted by molar-refractivity contribution is 6.14. The normalized spacial score (nSPS) is 12.4. The highest BCUT2D eigenvalue weighted by Gasteiger charge is 2.18. The number of fused-ring (bicyclic) bond motifs is 4. The average Bonchev–Trinajstić information content (AvgIpc) is 3.86. The zero-order valence-corrected chi connectivity index (χ0v) is 33.2. The topological polar surface area (TPSA) is 65.1 Å². The van der Waals surface area contributed by atoms with Crippen molar-refractivity contribution in [3.63, 3.8) is 0 Å². The monoisotopic (exact) mass is 763 g/mol. The summed E-state index contributed by atoms with van der Waals surface area (Å²) in [5, 5.41) is 3.63. The average molecular weight is 764 g/mol. The number of nitrogens with zero attached hydrogens (tertiary/aromatic N) is 3. The molecule has 2 aromatic heterocycles. The van der Waals surface area contributed by atoms with Crippen LogP contribution >= 0.6 is 0 Å². The van der Waals surface area contributed by atoms with Gasteiger partial charge in [-0.25, -0.2) is 0 Å². The van der Waals surface area contributed by atoms with Crippen LogP contribution in [-0.2, 0) is 0 Å². The molecule has 9 rings (SSSR count). The van der Waals surface area contributed by atoms with Crippen molar-refractivity contribution in [3.8, 4) is 22.5 Å². The highest BCUT2D eigenvalue weighted by atomic mass is 15.1. The molecular formula is C54H45N5. The van der Waals surface area contributed by atoms with E-state index in [0.717, 1.165) is 61.8 Å². The molecule has 0 saturated carbocycles. The first kappa shape index (κ1) is 36.9. The van der Waals surface area contributed by atoms with Gasteiger partial charge in [-0.05, 0) is 151 Å². The fourth-order valence-corrected chi connectivity index (χ4v) is 8.15. The standard InChI is InChI=1S/C54H45N5/c1-3-11-44(37-56)41-21-28-49(29-22-41)58(47-24-17-39(18-25-47)38(2)12-10-32-55)48-26-19-40(20-27-48)42-23-30-52-50(34-42)51-36-53-43(31-33-57(53)45-13-6-4-7-14-45)35-54(51)59(52)46-15-8-5-9-16-46/h3-37H,55-56H2,1-2H3/b11-3-,32-10-,38-12+,44-37+. The van der Waals surface area contributed by atoms with Crippen LogP contribution in [0.15, 0.2) is 213 Å². The first-order valence-electron chi connectivity index (χ1n) is 20.0. The molecule has 0 amide bonds. The molecule has 0 fully saturated rings. The number of nitrogens with two attached hydrogens (primary N) is 2. The van der Waals surface area contributed by atoms with Gasteiger partial charge in [-0.2, -0.15) is 0 Å². The number of hydrogen-bond donors (Lipinski definition) is 2. The zero-order chi connectivity index (χ0) is 40.3. The number of anilines is 3. The molecule has 5 heteroatoms. The number of allylic oxidation sites excluding steroid dienone is 6. The van der Waals surface area contributed by atoms with Crippen molar-refractivity contribution in [2.24, 2.45) is 11.5 Å². The number of para-hydroxylation sites is 2. The second kappa shape index (κ2) is 16.0. The first-order chi connectivity index (χ1) is 29.0. The lowest BCUT2D eigenvalue weighted by atomic mass is 10.0. The van der Waals surface area contributed by atoms with Gasteiger partial charge in [0.05, 0.1) is 16.6 Å². The molecule has 7 aromatic carbocycles. The fourth-order valence-electron chi connectivity index (χ4n) is 8.15. The Hall–Kier alpha value is -7.76. The predicted molar refractivity (Wildman–Crippen MR) is 252 cm³/mol. The molecule has 0 bridgehead atoms. The molecule has 0 atom stereocenters. The van der Waals surface area contributed by atoms with Gasteiger partial charge < -0.3 is 25.5 Å².